The van der Waals surface area contributed by atoms with Gasteiger partial charge in [-0.2, -0.15) is 0 Å². The quantitative estimate of drug-likeness (QED) is 0.381. The van der Waals surface area contributed by atoms with E-state index in [2.05, 4.69) is 5.32 Å². The Morgan fingerprint density at radius 2 is 1.89 bits per heavy atom. The smallest absolute Gasteiger partial charge is 0.306 e. The van der Waals surface area contributed by atoms with Crippen LogP contribution in [0.15, 0.2) is 0 Å². The third kappa shape index (κ3) is 5.69. The van der Waals surface area contributed by atoms with Crippen LogP contribution in [0.5, 0.6) is 0 Å². The van der Waals surface area contributed by atoms with Crippen LogP contribution >= 0.6 is 7.37 Å². The van der Waals surface area contributed by atoms with Crippen molar-refractivity contribution in [3.63, 3.8) is 0 Å². The monoisotopic (exact) mass is 295 g/mol. The normalized spacial score (nSPS) is 19.0. The van der Waals surface area contributed by atoms with Crippen molar-refractivity contribution in [2.45, 2.75) is 50.7 Å². The van der Waals surface area contributed by atoms with Crippen molar-refractivity contribution in [2.75, 3.05) is 0 Å². The van der Waals surface area contributed by atoms with Crippen LogP contribution in [-0.2, 0) is 14.2 Å². The van der Waals surface area contributed by atoms with Crippen LogP contribution in [0.3, 0.4) is 0 Å². The predicted octanol–water partition coefficient (Wildman–Crippen LogP) is -0.394. The minimum atomic E-state index is -4.03. The van der Waals surface area contributed by atoms with Crippen molar-refractivity contribution in [3.8, 4) is 0 Å². The van der Waals surface area contributed by atoms with Gasteiger partial charge >= 0.3 is 5.97 Å². The number of carbonyl (C=O) groups is 2. The molecule has 8 nitrogen and oxygen atoms in total. The zero-order chi connectivity index (χ0) is 15.2. The van der Waals surface area contributed by atoms with Crippen LogP contribution in [0.1, 0.15) is 33.1 Å². The number of hydrogen-bond donors (Lipinski definition) is 5. The van der Waals surface area contributed by atoms with E-state index in [0.29, 0.717) is 12.8 Å². The van der Waals surface area contributed by atoms with Crippen LogP contribution in [0.25, 0.3) is 0 Å². The molecule has 0 spiro atoms. The summed E-state index contributed by atoms with van der Waals surface area (Å²) in [5.41, 5.74) is 10.9. The molecule has 0 aliphatic heterocycles. The maximum Gasteiger partial charge on any atom is 0.306 e. The van der Waals surface area contributed by atoms with E-state index in [1.54, 1.807) is 0 Å². The number of nitrogens with one attached hydrogen (secondary N) is 1. The molecular formula is C10H22N3O5P. The largest absolute Gasteiger partial charge is 0.481 e. The summed E-state index contributed by atoms with van der Waals surface area (Å²) < 4.78 is 12.0. The molecule has 0 saturated heterocycles. The summed E-state index contributed by atoms with van der Waals surface area (Å²) >= 11 is 0. The van der Waals surface area contributed by atoms with Crippen molar-refractivity contribution < 1.29 is 24.2 Å². The molecule has 112 valence electrons. The highest BCUT2D eigenvalue weighted by Gasteiger charge is 2.38. The minimum Gasteiger partial charge on any atom is -0.481 e. The molecule has 0 fully saturated rings. The summed E-state index contributed by atoms with van der Waals surface area (Å²) in [5.74, 6) is -4.52. The molecule has 0 aromatic carbocycles. The standard InChI is InChI=1S/C10H22N3O5P/c1-3-4-7(12)10(16)13-8(5-9(14)15)19(17,18)6(2)11/h6-8H,3-5,11-12H2,1-2H3,(H,13,16)(H,14,15)(H,17,18)/t6?,7-,8?/m0/s1. The Morgan fingerprint density at radius 3 is 2.26 bits per heavy atom. The zero-order valence-electron chi connectivity index (χ0n) is 11.1. The Morgan fingerprint density at radius 1 is 1.37 bits per heavy atom. The second-order valence-electron chi connectivity index (χ2n) is 4.43. The number of carboxylic acid groups (broad SMARTS) is 1. The first-order valence-corrected chi connectivity index (χ1v) is 7.78. The van der Waals surface area contributed by atoms with Crippen molar-refractivity contribution in [1.82, 2.24) is 5.32 Å². The average Bonchev–Trinajstić information content (AvgIpc) is 2.27. The van der Waals surface area contributed by atoms with Crippen molar-refractivity contribution >= 4 is 19.2 Å². The average molecular weight is 295 g/mol. The Kier molecular flexibility index (Phi) is 7.21. The van der Waals surface area contributed by atoms with Gasteiger partial charge in [-0.1, -0.05) is 13.3 Å². The lowest BCUT2D eigenvalue weighted by atomic mass is 10.1. The summed E-state index contributed by atoms with van der Waals surface area (Å²) in [4.78, 5) is 32.2. The first-order valence-electron chi connectivity index (χ1n) is 5.98. The van der Waals surface area contributed by atoms with Crippen LogP contribution < -0.4 is 16.8 Å². The molecule has 19 heavy (non-hydrogen) atoms. The summed E-state index contributed by atoms with van der Waals surface area (Å²) in [6.45, 7) is 3.12. The van der Waals surface area contributed by atoms with Gasteiger partial charge in [0, 0.05) is 0 Å². The van der Waals surface area contributed by atoms with E-state index in [-0.39, 0.29) is 0 Å². The van der Waals surface area contributed by atoms with Gasteiger partial charge in [-0.3, -0.25) is 14.2 Å². The molecule has 0 aromatic rings. The fourth-order valence-corrected chi connectivity index (χ4v) is 2.73. The van der Waals surface area contributed by atoms with Crippen molar-refractivity contribution in [2.24, 2.45) is 11.5 Å². The summed E-state index contributed by atoms with van der Waals surface area (Å²) in [6, 6.07) is -0.839. The number of carboxylic acids is 1. The van der Waals surface area contributed by atoms with Crippen molar-refractivity contribution in [1.29, 1.82) is 0 Å². The molecule has 0 bridgehead atoms. The molecule has 0 heterocycles. The Labute approximate surface area is 112 Å². The predicted molar refractivity (Wildman–Crippen MR) is 70.5 cm³/mol. The van der Waals surface area contributed by atoms with Crippen LogP contribution in [0, 0.1) is 0 Å². The van der Waals surface area contributed by atoms with Gasteiger partial charge in [-0.05, 0) is 13.3 Å². The summed E-state index contributed by atoms with van der Waals surface area (Å²) in [6.07, 6.45) is 0.391. The molecule has 0 aromatic heterocycles. The van der Waals surface area contributed by atoms with E-state index < -0.39 is 43.3 Å². The molecule has 7 N–H and O–H groups in total. The van der Waals surface area contributed by atoms with E-state index in [9.17, 15) is 19.0 Å². The number of rotatable bonds is 8. The SMILES string of the molecule is CCC[C@H](N)C(=O)NC(CC(=O)O)P(=O)(O)C(C)N. The number of nitrogens with two attached hydrogens (primary N) is 2. The molecule has 0 radical (unpaired) electrons. The molecule has 0 aliphatic carbocycles. The Bertz CT molecular complexity index is 374. The molecule has 4 atom stereocenters. The first-order chi connectivity index (χ1) is 8.62. The van der Waals surface area contributed by atoms with Gasteiger partial charge in [0.25, 0.3) is 0 Å². The third-order valence-corrected chi connectivity index (χ3v) is 5.02. The van der Waals surface area contributed by atoms with Gasteiger partial charge in [0.1, 0.15) is 5.78 Å². The number of aliphatic carboxylic acids is 1. The van der Waals surface area contributed by atoms with E-state index in [1.165, 1.54) is 6.92 Å². The topological polar surface area (TPSA) is 156 Å². The number of amides is 1. The number of hydrogen-bond acceptors (Lipinski definition) is 5. The van der Waals surface area contributed by atoms with Gasteiger partial charge in [-0.25, -0.2) is 0 Å². The summed E-state index contributed by atoms with van der Waals surface area (Å²) in [7, 11) is -4.03. The number of carbonyl (C=O) groups excluding carboxylic acids is 1. The van der Waals surface area contributed by atoms with Gasteiger partial charge in [0.05, 0.1) is 18.2 Å². The van der Waals surface area contributed by atoms with Gasteiger partial charge in [-0.15, -0.1) is 0 Å². The molecule has 9 heteroatoms. The van der Waals surface area contributed by atoms with E-state index >= 15 is 0 Å². The molecule has 0 rings (SSSR count). The van der Waals surface area contributed by atoms with Crippen molar-refractivity contribution in [3.05, 3.63) is 0 Å². The second-order valence-corrected chi connectivity index (χ2v) is 7.21. The molecule has 0 saturated carbocycles. The Hall–Kier alpha value is -0.950. The van der Waals surface area contributed by atoms with Crippen LogP contribution in [0.4, 0.5) is 0 Å². The molecular weight excluding hydrogens is 273 g/mol. The fraction of sp³-hybridized carbons (Fsp3) is 0.800. The maximum absolute atomic E-state index is 12.0. The third-order valence-electron chi connectivity index (χ3n) is 2.64. The highest BCUT2D eigenvalue weighted by atomic mass is 31.2. The van der Waals surface area contributed by atoms with E-state index in [1.807, 2.05) is 6.92 Å². The lowest BCUT2D eigenvalue weighted by molar-refractivity contribution is -0.137. The maximum atomic E-state index is 12.0. The van der Waals surface area contributed by atoms with Gasteiger partial charge in [0.15, 0.2) is 0 Å². The minimum absolute atomic E-state index is 0.402. The van der Waals surface area contributed by atoms with E-state index in [0.717, 1.165) is 0 Å². The lowest BCUT2D eigenvalue weighted by Gasteiger charge is -2.26. The molecule has 1 amide bonds. The van der Waals surface area contributed by atoms with Gasteiger partial charge in [0.2, 0.25) is 13.3 Å². The Balaban J connectivity index is 4.93. The van der Waals surface area contributed by atoms with Crippen LogP contribution in [-0.4, -0.2) is 39.5 Å². The fourth-order valence-electron chi connectivity index (χ4n) is 1.44. The highest BCUT2D eigenvalue weighted by Crippen LogP contribution is 2.49. The van der Waals surface area contributed by atoms with Crippen LogP contribution in [0.2, 0.25) is 0 Å². The molecule has 3 unspecified atom stereocenters. The second kappa shape index (κ2) is 7.59. The van der Waals surface area contributed by atoms with Gasteiger partial charge < -0.3 is 26.8 Å². The zero-order valence-corrected chi connectivity index (χ0v) is 12.0. The van der Waals surface area contributed by atoms with E-state index in [4.69, 9.17) is 16.6 Å². The summed E-state index contributed by atoms with van der Waals surface area (Å²) in [5, 5.41) is 10.9. The highest BCUT2D eigenvalue weighted by molar-refractivity contribution is 7.59. The lowest BCUT2D eigenvalue weighted by Crippen LogP contribution is -2.47. The molecule has 0 aliphatic rings. The first kappa shape index (κ1) is 18.0.